The molecule has 0 aliphatic carbocycles. The van der Waals surface area contributed by atoms with Crippen molar-refractivity contribution in [2.24, 2.45) is 0 Å². The Kier molecular flexibility index (Phi) is 5.34. The maximum Gasteiger partial charge on any atom is 0.181 e. The summed E-state index contributed by atoms with van der Waals surface area (Å²) in [5.41, 5.74) is 3.92. The quantitative estimate of drug-likeness (QED) is 0.536. The summed E-state index contributed by atoms with van der Waals surface area (Å²) in [7, 11) is 1.64. The Morgan fingerprint density at radius 3 is 2.85 bits per heavy atom. The van der Waals surface area contributed by atoms with Crippen LogP contribution in [0.25, 0.3) is 16.4 Å². The molecule has 0 radical (unpaired) electrons. The van der Waals surface area contributed by atoms with Crippen LogP contribution in [-0.2, 0) is 0 Å². The second-order valence-electron chi connectivity index (χ2n) is 5.98. The summed E-state index contributed by atoms with van der Waals surface area (Å²) in [6, 6.07) is 11.7. The normalized spacial score (nSPS) is 13.4. The second kappa shape index (κ2) is 7.89. The van der Waals surface area contributed by atoms with Crippen LogP contribution in [0.15, 0.2) is 63.9 Å². The van der Waals surface area contributed by atoms with Crippen molar-refractivity contribution in [3.63, 3.8) is 0 Å². The summed E-state index contributed by atoms with van der Waals surface area (Å²) in [4.78, 5) is 5.12. The van der Waals surface area contributed by atoms with Crippen LogP contribution in [0.1, 0.15) is 5.56 Å². The van der Waals surface area contributed by atoms with Crippen LogP contribution in [-0.4, -0.2) is 24.4 Å². The molecule has 0 atom stereocenters. The van der Waals surface area contributed by atoms with Gasteiger partial charge in [-0.25, -0.2) is 4.98 Å². The summed E-state index contributed by atoms with van der Waals surface area (Å²) in [5, 5.41) is 4.88. The summed E-state index contributed by atoms with van der Waals surface area (Å²) < 4.78 is 10.9. The molecule has 27 heavy (non-hydrogen) atoms. The first-order valence-electron chi connectivity index (χ1n) is 8.26. The number of rotatable bonds is 5. The zero-order chi connectivity index (χ0) is 18.8. The third-order valence-corrected chi connectivity index (χ3v) is 6.16. The Balaban J connectivity index is 1.54. The van der Waals surface area contributed by atoms with Crippen LogP contribution >= 0.6 is 35.0 Å². The minimum absolute atomic E-state index is 0.641. The Bertz CT molecular complexity index is 1000. The van der Waals surface area contributed by atoms with Gasteiger partial charge in [0.1, 0.15) is 5.75 Å². The summed E-state index contributed by atoms with van der Waals surface area (Å²) in [5.74, 6) is 2.22. The number of methoxy groups -OCH3 is 1. The standard InChI is InChI=1S/C20H16Cl2N2O2S/c1-25-17-7-14(3-4-15(17)18-9-23-11-26-18)24-8-12-10-27-19-5-2-13(21)6-16(19)20(12)22/h2-7,9,11,24H,8,10H2,1H3. The maximum atomic E-state index is 6.63. The van der Waals surface area contributed by atoms with Crippen LogP contribution in [0, 0.1) is 0 Å². The van der Waals surface area contributed by atoms with Gasteiger partial charge < -0.3 is 14.5 Å². The van der Waals surface area contributed by atoms with Gasteiger partial charge in [0.15, 0.2) is 12.2 Å². The summed E-state index contributed by atoms with van der Waals surface area (Å²) >= 11 is 14.5. The second-order valence-corrected chi connectivity index (χ2v) is 7.81. The number of halogens is 2. The molecule has 0 spiro atoms. The molecule has 1 N–H and O–H groups in total. The van der Waals surface area contributed by atoms with E-state index >= 15 is 0 Å². The highest BCUT2D eigenvalue weighted by atomic mass is 35.5. The van der Waals surface area contributed by atoms with E-state index in [4.69, 9.17) is 32.4 Å². The predicted octanol–water partition coefficient (Wildman–Crippen LogP) is 6.17. The molecule has 0 amide bonds. The fraction of sp³-hybridized carbons (Fsp3) is 0.150. The average Bonchev–Trinajstić information content (AvgIpc) is 3.22. The molecule has 2 heterocycles. The van der Waals surface area contributed by atoms with Gasteiger partial charge in [-0.3, -0.25) is 0 Å². The van der Waals surface area contributed by atoms with Crippen LogP contribution in [0.2, 0.25) is 5.02 Å². The zero-order valence-corrected chi connectivity index (χ0v) is 16.8. The van der Waals surface area contributed by atoms with Gasteiger partial charge in [0.2, 0.25) is 0 Å². The SMILES string of the molecule is COc1cc(NCC2=C(Cl)c3cc(Cl)ccc3SC2)ccc1-c1cnco1. The molecule has 0 bridgehead atoms. The van der Waals surface area contributed by atoms with Crippen LogP contribution in [0.5, 0.6) is 5.75 Å². The molecule has 3 aromatic rings. The molecule has 0 fully saturated rings. The Hall–Kier alpha value is -2.08. The van der Waals surface area contributed by atoms with Gasteiger partial charge in [0, 0.05) is 39.5 Å². The molecular formula is C20H16Cl2N2O2S. The Morgan fingerprint density at radius 2 is 2.07 bits per heavy atom. The molecule has 4 rings (SSSR count). The first kappa shape index (κ1) is 18.3. The van der Waals surface area contributed by atoms with Crippen molar-refractivity contribution >= 4 is 45.7 Å². The lowest BCUT2D eigenvalue weighted by molar-refractivity contribution is 0.415. The Morgan fingerprint density at radius 1 is 1.19 bits per heavy atom. The molecule has 4 nitrogen and oxygen atoms in total. The van der Waals surface area contributed by atoms with Crippen molar-refractivity contribution in [2.45, 2.75) is 4.90 Å². The fourth-order valence-corrected chi connectivity index (χ4v) is 4.56. The van der Waals surface area contributed by atoms with E-state index in [0.717, 1.165) is 38.1 Å². The van der Waals surface area contributed by atoms with Crippen molar-refractivity contribution in [3.8, 4) is 17.1 Å². The number of ether oxygens (including phenoxy) is 1. The molecule has 7 heteroatoms. The molecule has 1 aliphatic heterocycles. The number of hydrogen-bond donors (Lipinski definition) is 1. The van der Waals surface area contributed by atoms with E-state index in [0.29, 0.717) is 23.1 Å². The van der Waals surface area contributed by atoms with E-state index in [1.165, 1.54) is 6.39 Å². The van der Waals surface area contributed by atoms with Crippen molar-refractivity contribution in [1.82, 2.24) is 4.98 Å². The number of oxazole rings is 1. The molecule has 2 aromatic carbocycles. The van der Waals surface area contributed by atoms with E-state index in [1.54, 1.807) is 25.1 Å². The largest absolute Gasteiger partial charge is 0.496 e. The Labute approximate surface area is 171 Å². The lowest BCUT2D eigenvalue weighted by Gasteiger charge is -2.20. The summed E-state index contributed by atoms with van der Waals surface area (Å²) in [6.45, 7) is 0.641. The molecule has 1 aliphatic rings. The third-order valence-electron chi connectivity index (χ3n) is 4.30. The number of anilines is 1. The van der Waals surface area contributed by atoms with Gasteiger partial charge in [-0.05, 0) is 35.9 Å². The van der Waals surface area contributed by atoms with Crippen molar-refractivity contribution in [1.29, 1.82) is 0 Å². The average molecular weight is 419 g/mol. The van der Waals surface area contributed by atoms with Crippen molar-refractivity contribution in [2.75, 3.05) is 24.7 Å². The highest BCUT2D eigenvalue weighted by molar-refractivity contribution is 7.99. The number of fused-ring (bicyclic) bond motifs is 1. The number of benzene rings is 2. The molecule has 0 unspecified atom stereocenters. The molecule has 0 saturated carbocycles. The van der Waals surface area contributed by atoms with Crippen LogP contribution < -0.4 is 10.1 Å². The van der Waals surface area contributed by atoms with Gasteiger partial charge >= 0.3 is 0 Å². The van der Waals surface area contributed by atoms with Crippen LogP contribution in [0.4, 0.5) is 5.69 Å². The number of hydrogen-bond acceptors (Lipinski definition) is 5. The topological polar surface area (TPSA) is 47.3 Å². The van der Waals surface area contributed by atoms with Crippen molar-refractivity contribution in [3.05, 3.63) is 65.1 Å². The van der Waals surface area contributed by atoms with E-state index in [-0.39, 0.29) is 0 Å². The molecular weight excluding hydrogens is 403 g/mol. The lowest BCUT2D eigenvalue weighted by Crippen LogP contribution is -2.11. The number of aromatic nitrogens is 1. The fourth-order valence-electron chi connectivity index (χ4n) is 2.91. The van der Waals surface area contributed by atoms with Gasteiger partial charge in [-0.1, -0.05) is 23.2 Å². The monoisotopic (exact) mass is 418 g/mol. The third kappa shape index (κ3) is 3.81. The van der Waals surface area contributed by atoms with E-state index in [2.05, 4.69) is 10.3 Å². The molecule has 138 valence electrons. The van der Waals surface area contributed by atoms with Crippen LogP contribution in [0.3, 0.4) is 0 Å². The zero-order valence-electron chi connectivity index (χ0n) is 14.5. The van der Waals surface area contributed by atoms with Crippen molar-refractivity contribution < 1.29 is 9.15 Å². The first-order valence-corrected chi connectivity index (χ1v) is 10.0. The minimum atomic E-state index is 0.641. The van der Waals surface area contributed by atoms with Gasteiger partial charge in [-0.15, -0.1) is 11.8 Å². The van der Waals surface area contributed by atoms with Gasteiger partial charge in [0.25, 0.3) is 0 Å². The van der Waals surface area contributed by atoms with E-state index in [9.17, 15) is 0 Å². The minimum Gasteiger partial charge on any atom is -0.496 e. The molecule has 1 aromatic heterocycles. The molecule has 0 saturated heterocycles. The smallest absolute Gasteiger partial charge is 0.181 e. The number of thioether (sulfide) groups is 1. The predicted molar refractivity (Wildman–Crippen MR) is 112 cm³/mol. The highest BCUT2D eigenvalue weighted by Gasteiger charge is 2.18. The van der Waals surface area contributed by atoms with E-state index < -0.39 is 0 Å². The summed E-state index contributed by atoms with van der Waals surface area (Å²) in [6.07, 6.45) is 3.07. The lowest BCUT2D eigenvalue weighted by atomic mass is 10.1. The van der Waals surface area contributed by atoms with Gasteiger partial charge in [0.05, 0.1) is 23.9 Å². The van der Waals surface area contributed by atoms with E-state index in [1.807, 2.05) is 36.4 Å². The van der Waals surface area contributed by atoms with Gasteiger partial charge in [-0.2, -0.15) is 0 Å². The first-order chi connectivity index (χ1) is 13.2. The maximum absolute atomic E-state index is 6.63. The highest BCUT2D eigenvalue weighted by Crippen LogP contribution is 2.40. The number of nitrogens with zero attached hydrogens (tertiary/aromatic N) is 1. The number of nitrogens with one attached hydrogen (secondary N) is 1.